The summed E-state index contributed by atoms with van der Waals surface area (Å²) in [4.78, 5) is 29.2. The van der Waals surface area contributed by atoms with Crippen LogP contribution in [-0.4, -0.2) is 42.1 Å². The molecule has 1 fully saturated rings. The summed E-state index contributed by atoms with van der Waals surface area (Å²) in [5, 5.41) is 4.26. The van der Waals surface area contributed by atoms with Crippen molar-refractivity contribution in [1.82, 2.24) is 29.6 Å². The van der Waals surface area contributed by atoms with Gasteiger partial charge in [0, 0.05) is 49.9 Å². The van der Waals surface area contributed by atoms with E-state index in [0.717, 1.165) is 66.1 Å². The van der Waals surface area contributed by atoms with Crippen molar-refractivity contribution in [3.63, 3.8) is 0 Å². The van der Waals surface area contributed by atoms with E-state index < -0.39 is 0 Å². The SMILES string of the molecule is CCCc1ncc(-c2ccncc2C)c([C@@H]2CCCN2C(=O)c2cnn(C)c2C)n1. The molecule has 3 aromatic rings. The van der Waals surface area contributed by atoms with Crippen LogP contribution in [0, 0.1) is 13.8 Å². The first-order valence-corrected chi connectivity index (χ1v) is 10.6. The fourth-order valence-electron chi connectivity index (χ4n) is 4.17. The molecule has 4 heterocycles. The van der Waals surface area contributed by atoms with E-state index in [2.05, 4.69) is 22.0 Å². The number of aromatic nitrogens is 5. The van der Waals surface area contributed by atoms with Gasteiger partial charge in [-0.3, -0.25) is 14.5 Å². The molecule has 0 spiro atoms. The fraction of sp³-hybridized carbons (Fsp3) is 0.435. The minimum Gasteiger partial charge on any atom is -0.330 e. The first kappa shape index (κ1) is 20.2. The van der Waals surface area contributed by atoms with Crippen molar-refractivity contribution in [3.8, 4) is 11.1 Å². The number of likely N-dealkylation sites (tertiary alicyclic amines) is 1. The molecule has 0 radical (unpaired) electrons. The Morgan fingerprint density at radius 1 is 1.20 bits per heavy atom. The molecule has 1 aliphatic heterocycles. The van der Waals surface area contributed by atoms with Crippen molar-refractivity contribution >= 4 is 5.91 Å². The van der Waals surface area contributed by atoms with Crippen molar-refractivity contribution < 1.29 is 4.79 Å². The maximum Gasteiger partial charge on any atom is 0.257 e. The summed E-state index contributed by atoms with van der Waals surface area (Å²) in [7, 11) is 1.86. The van der Waals surface area contributed by atoms with Crippen molar-refractivity contribution in [2.45, 2.75) is 52.5 Å². The first-order valence-electron chi connectivity index (χ1n) is 10.6. The second kappa shape index (κ2) is 8.34. The fourth-order valence-corrected chi connectivity index (χ4v) is 4.17. The molecule has 156 valence electrons. The maximum atomic E-state index is 13.4. The normalized spacial score (nSPS) is 16.3. The highest BCUT2D eigenvalue weighted by Gasteiger charge is 2.35. The lowest BCUT2D eigenvalue weighted by molar-refractivity contribution is 0.0732. The van der Waals surface area contributed by atoms with Crippen LogP contribution in [0.4, 0.5) is 0 Å². The van der Waals surface area contributed by atoms with E-state index in [9.17, 15) is 4.79 Å². The topological polar surface area (TPSA) is 76.8 Å². The lowest BCUT2D eigenvalue weighted by atomic mass is 9.97. The molecule has 3 aromatic heterocycles. The van der Waals surface area contributed by atoms with Crippen molar-refractivity contribution in [3.05, 3.63) is 59.2 Å². The van der Waals surface area contributed by atoms with Gasteiger partial charge in [-0.1, -0.05) is 6.92 Å². The summed E-state index contributed by atoms with van der Waals surface area (Å²) in [6, 6.07) is 1.93. The van der Waals surface area contributed by atoms with Gasteiger partial charge in [-0.25, -0.2) is 9.97 Å². The molecule has 1 amide bonds. The van der Waals surface area contributed by atoms with Gasteiger partial charge in [0.2, 0.25) is 0 Å². The highest BCUT2D eigenvalue weighted by atomic mass is 16.2. The van der Waals surface area contributed by atoms with Crippen LogP contribution in [0.1, 0.15) is 65.4 Å². The lowest BCUT2D eigenvalue weighted by Gasteiger charge is -2.26. The zero-order chi connectivity index (χ0) is 21.3. The Bertz CT molecular complexity index is 1070. The number of aryl methyl sites for hydroxylation is 3. The molecule has 4 rings (SSSR count). The molecular formula is C23H28N6O. The minimum absolute atomic E-state index is 0.0242. The molecule has 0 aliphatic carbocycles. The zero-order valence-corrected chi connectivity index (χ0v) is 18.1. The van der Waals surface area contributed by atoms with Gasteiger partial charge in [-0.2, -0.15) is 5.10 Å². The van der Waals surface area contributed by atoms with Gasteiger partial charge in [0.1, 0.15) is 5.82 Å². The third-order valence-corrected chi connectivity index (χ3v) is 5.95. The Morgan fingerprint density at radius 2 is 2.03 bits per heavy atom. The van der Waals surface area contributed by atoms with E-state index >= 15 is 0 Å². The van der Waals surface area contributed by atoms with Gasteiger partial charge in [0.05, 0.1) is 23.5 Å². The van der Waals surface area contributed by atoms with E-state index in [0.29, 0.717) is 5.56 Å². The Balaban J connectivity index is 1.79. The van der Waals surface area contributed by atoms with Gasteiger partial charge in [0.15, 0.2) is 0 Å². The van der Waals surface area contributed by atoms with E-state index in [1.165, 1.54) is 0 Å². The summed E-state index contributed by atoms with van der Waals surface area (Å²) in [6.07, 6.45) is 10.9. The molecule has 1 saturated heterocycles. The van der Waals surface area contributed by atoms with Crippen LogP contribution in [0.15, 0.2) is 30.9 Å². The molecule has 0 saturated carbocycles. The Hall–Kier alpha value is -3.09. The quantitative estimate of drug-likeness (QED) is 0.646. The molecule has 0 bridgehead atoms. The summed E-state index contributed by atoms with van der Waals surface area (Å²) in [6.45, 7) is 6.82. The highest BCUT2D eigenvalue weighted by molar-refractivity contribution is 5.95. The molecule has 1 atom stereocenters. The Kier molecular flexibility index (Phi) is 5.61. The van der Waals surface area contributed by atoms with Crippen LogP contribution in [0.5, 0.6) is 0 Å². The summed E-state index contributed by atoms with van der Waals surface area (Å²) in [5.74, 6) is 0.857. The third-order valence-electron chi connectivity index (χ3n) is 5.95. The number of rotatable bonds is 5. The van der Waals surface area contributed by atoms with Crippen LogP contribution >= 0.6 is 0 Å². The number of carbonyl (C=O) groups is 1. The predicted octanol–water partition coefficient (Wildman–Crippen LogP) is 3.82. The van der Waals surface area contributed by atoms with Gasteiger partial charge in [-0.05, 0) is 50.3 Å². The number of hydrogen-bond donors (Lipinski definition) is 0. The van der Waals surface area contributed by atoms with Gasteiger partial charge < -0.3 is 4.90 Å². The number of carbonyl (C=O) groups excluding carboxylic acids is 1. The standard InChI is InChI=1S/C23H28N6O/c1-5-7-21-25-13-19(17-9-10-24-12-15(17)2)22(27-21)20-8-6-11-29(20)23(30)18-14-26-28(4)16(18)3/h9-10,12-14,20H,5-8,11H2,1-4H3/t20-/m0/s1. The number of pyridine rings is 1. The molecule has 0 N–H and O–H groups in total. The molecule has 1 aliphatic rings. The van der Waals surface area contributed by atoms with Crippen molar-refractivity contribution in [2.24, 2.45) is 7.05 Å². The third kappa shape index (κ3) is 3.60. The number of hydrogen-bond acceptors (Lipinski definition) is 5. The number of nitrogens with zero attached hydrogens (tertiary/aromatic N) is 6. The van der Waals surface area contributed by atoms with Crippen molar-refractivity contribution in [1.29, 1.82) is 0 Å². The van der Waals surface area contributed by atoms with E-state index in [1.807, 2.05) is 44.3 Å². The average Bonchev–Trinajstić information content (AvgIpc) is 3.36. The van der Waals surface area contributed by atoms with Crippen molar-refractivity contribution in [2.75, 3.05) is 6.54 Å². The molecule has 30 heavy (non-hydrogen) atoms. The minimum atomic E-state index is -0.0710. The van der Waals surface area contributed by atoms with E-state index in [-0.39, 0.29) is 11.9 Å². The number of amides is 1. The lowest BCUT2D eigenvalue weighted by Crippen LogP contribution is -2.32. The van der Waals surface area contributed by atoms with Crippen LogP contribution in [0.25, 0.3) is 11.1 Å². The van der Waals surface area contributed by atoms with E-state index in [1.54, 1.807) is 17.1 Å². The highest BCUT2D eigenvalue weighted by Crippen LogP contribution is 2.38. The van der Waals surface area contributed by atoms with Crippen LogP contribution < -0.4 is 0 Å². The van der Waals surface area contributed by atoms with Crippen LogP contribution in [0.2, 0.25) is 0 Å². The molecule has 0 unspecified atom stereocenters. The second-order valence-corrected chi connectivity index (χ2v) is 7.95. The summed E-state index contributed by atoms with van der Waals surface area (Å²) < 4.78 is 1.74. The Labute approximate surface area is 177 Å². The largest absolute Gasteiger partial charge is 0.330 e. The molecular weight excluding hydrogens is 376 g/mol. The maximum absolute atomic E-state index is 13.4. The monoisotopic (exact) mass is 404 g/mol. The molecule has 7 heteroatoms. The summed E-state index contributed by atoms with van der Waals surface area (Å²) >= 11 is 0. The van der Waals surface area contributed by atoms with Crippen LogP contribution in [-0.2, 0) is 13.5 Å². The van der Waals surface area contributed by atoms with Crippen LogP contribution in [0.3, 0.4) is 0 Å². The zero-order valence-electron chi connectivity index (χ0n) is 18.1. The summed E-state index contributed by atoms with van der Waals surface area (Å²) in [5.41, 5.74) is 5.61. The van der Waals surface area contributed by atoms with Gasteiger partial charge in [0.25, 0.3) is 5.91 Å². The molecule has 7 nitrogen and oxygen atoms in total. The van der Waals surface area contributed by atoms with E-state index in [4.69, 9.17) is 4.98 Å². The van der Waals surface area contributed by atoms with Gasteiger partial charge in [-0.15, -0.1) is 0 Å². The Morgan fingerprint density at radius 3 is 2.73 bits per heavy atom. The first-order chi connectivity index (χ1) is 14.5. The van der Waals surface area contributed by atoms with Gasteiger partial charge >= 0.3 is 0 Å². The predicted molar refractivity (Wildman–Crippen MR) is 115 cm³/mol. The molecule has 0 aromatic carbocycles. The smallest absolute Gasteiger partial charge is 0.257 e. The second-order valence-electron chi connectivity index (χ2n) is 7.95. The average molecular weight is 405 g/mol.